The fourth-order valence-corrected chi connectivity index (χ4v) is 2.95. The average molecular weight is 343 g/mol. The average Bonchev–Trinajstić information content (AvgIpc) is 3.01. The highest BCUT2D eigenvalue weighted by Gasteiger charge is 2.29. The second-order valence-electron chi connectivity index (χ2n) is 6.75. The number of hydrogen-bond donors (Lipinski definition) is 2. The van der Waals surface area contributed by atoms with E-state index in [1.165, 1.54) is 5.56 Å². The Balaban J connectivity index is 2.36. The predicted molar refractivity (Wildman–Crippen MR) is 100 cm³/mol. The van der Waals surface area contributed by atoms with E-state index in [9.17, 15) is 4.79 Å². The first-order chi connectivity index (χ1) is 11.9. The molecule has 0 radical (unpaired) electrons. The Morgan fingerprint density at radius 3 is 2.48 bits per heavy atom. The van der Waals surface area contributed by atoms with Gasteiger partial charge >= 0.3 is 0 Å². The van der Waals surface area contributed by atoms with Crippen molar-refractivity contribution in [2.45, 2.75) is 58.9 Å². The molecule has 0 spiro atoms. The number of nitrogens with two attached hydrogens (primary N) is 1. The normalized spacial score (nSPS) is 11.8. The molecule has 6 heteroatoms. The van der Waals surface area contributed by atoms with Crippen molar-refractivity contribution < 1.29 is 4.79 Å². The minimum absolute atomic E-state index is 0.177. The lowest BCUT2D eigenvalue weighted by Gasteiger charge is -2.30. The summed E-state index contributed by atoms with van der Waals surface area (Å²) in [6, 6.07) is 8.06. The van der Waals surface area contributed by atoms with Crippen molar-refractivity contribution in [3.63, 3.8) is 0 Å². The Morgan fingerprint density at radius 1 is 1.28 bits per heavy atom. The maximum absolute atomic E-state index is 12.6. The van der Waals surface area contributed by atoms with Gasteiger partial charge in [0.25, 0.3) is 5.91 Å². The Morgan fingerprint density at radius 2 is 1.92 bits per heavy atom. The van der Waals surface area contributed by atoms with Crippen LogP contribution in [0.2, 0.25) is 0 Å². The molecule has 0 aliphatic heterocycles. The fourth-order valence-electron chi connectivity index (χ4n) is 2.95. The van der Waals surface area contributed by atoms with E-state index in [0.29, 0.717) is 18.3 Å². The maximum Gasteiger partial charge on any atom is 0.291 e. The standard InChI is InChI=1S/C19H29N5O/c1-6-19(7-2,12-20)22-18(25)17-21-14(5)24(23-17)16-11-9-8-10-15(16)13(3)4/h8-11,13H,6-7,12,20H2,1-5H3,(H,22,25). The molecule has 25 heavy (non-hydrogen) atoms. The molecule has 2 aromatic rings. The van der Waals surface area contributed by atoms with Crippen LogP contribution in [0.25, 0.3) is 5.69 Å². The highest BCUT2D eigenvalue weighted by Crippen LogP contribution is 2.23. The highest BCUT2D eigenvalue weighted by atomic mass is 16.2. The largest absolute Gasteiger partial charge is 0.343 e. The van der Waals surface area contributed by atoms with E-state index in [4.69, 9.17) is 5.73 Å². The summed E-state index contributed by atoms with van der Waals surface area (Å²) in [4.78, 5) is 17.0. The molecule has 3 N–H and O–H groups in total. The molecule has 1 amide bonds. The topological polar surface area (TPSA) is 85.8 Å². The summed E-state index contributed by atoms with van der Waals surface area (Å²) in [6.07, 6.45) is 1.53. The number of amides is 1. The molecule has 0 unspecified atom stereocenters. The molecule has 0 fully saturated rings. The van der Waals surface area contributed by atoms with Gasteiger partial charge in [-0.1, -0.05) is 45.9 Å². The van der Waals surface area contributed by atoms with Gasteiger partial charge in [-0.15, -0.1) is 5.10 Å². The number of rotatable bonds is 7. The van der Waals surface area contributed by atoms with Gasteiger partial charge in [0.15, 0.2) is 0 Å². The summed E-state index contributed by atoms with van der Waals surface area (Å²) in [7, 11) is 0. The molecule has 136 valence electrons. The summed E-state index contributed by atoms with van der Waals surface area (Å²) in [6.45, 7) is 10.6. The fraction of sp³-hybridized carbons (Fsp3) is 0.526. The molecule has 0 atom stereocenters. The minimum Gasteiger partial charge on any atom is -0.343 e. The quantitative estimate of drug-likeness (QED) is 0.809. The van der Waals surface area contributed by atoms with E-state index in [-0.39, 0.29) is 11.7 Å². The lowest BCUT2D eigenvalue weighted by Crippen LogP contribution is -2.53. The maximum atomic E-state index is 12.6. The summed E-state index contributed by atoms with van der Waals surface area (Å²) >= 11 is 0. The van der Waals surface area contributed by atoms with E-state index in [1.54, 1.807) is 4.68 Å². The minimum atomic E-state index is -0.410. The molecule has 1 heterocycles. The van der Waals surface area contributed by atoms with E-state index in [1.807, 2.05) is 39.0 Å². The predicted octanol–water partition coefficient (Wildman–Crippen LogP) is 2.95. The van der Waals surface area contributed by atoms with Crippen LogP contribution in [0.15, 0.2) is 24.3 Å². The van der Waals surface area contributed by atoms with E-state index in [0.717, 1.165) is 18.5 Å². The zero-order valence-corrected chi connectivity index (χ0v) is 15.8. The van der Waals surface area contributed by atoms with Crippen LogP contribution in [0.5, 0.6) is 0 Å². The molecule has 0 saturated carbocycles. The van der Waals surface area contributed by atoms with Crippen LogP contribution in [0.1, 0.15) is 68.5 Å². The number of hydrogen-bond acceptors (Lipinski definition) is 4. The van der Waals surface area contributed by atoms with Gasteiger partial charge in [-0.2, -0.15) is 0 Å². The monoisotopic (exact) mass is 343 g/mol. The first kappa shape index (κ1) is 19.1. The molecule has 2 rings (SSSR count). The molecule has 0 saturated heterocycles. The summed E-state index contributed by atoms with van der Waals surface area (Å²) in [5.74, 6) is 0.931. The van der Waals surface area contributed by atoms with Gasteiger partial charge in [-0.05, 0) is 37.3 Å². The Labute approximate surface area is 149 Å². The summed E-state index contributed by atoms with van der Waals surface area (Å²) in [5, 5.41) is 7.49. The third-order valence-corrected chi connectivity index (χ3v) is 4.88. The van der Waals surface area contributed by atoms with Crippen molar-refractivity contribution in [1.29, 1.82) is 0 Å². The first-order valence-electron chi connectivity index (χ1n) is 8.93. The van der Waals surface area contributed by atoms with Crippen molar-refractivity contribution in [2.75, 3.05) is 6.54 Å². The van der Waals surface area contributed by atoms with Crippen molar-refractivity contribution in [3.8, 4) is 5.69 Å². The van der Waals surface area contributed by atoms with Crippen molar-refractivity contribution >= 4 is 5.91 Å². The van der Waals surface area contributed by atoms with Crippen LogP contribution in [0, 0.1) is 6.92 Å². The number of carbonyl (C=O) groups is 1. The summed E-state index contributed by atoms with van der Waals surface area (Å²) < 4.78 is 1.74. The molecule has 0 aliphatic rings. The van der Waals surface area contributed by atoms with Gasteiger partial charge in [-0.25, -0.2) is 9.67 Å². The lowest BCUT2D eigenvalue weighted by molar-refractivity contribution is 0.0884. The van der Waals surface area contributed by atoms with Crippen molar-refractivity contribution in [3.05, 3.63) is 41.5 Å². The SMILES string of the molecule is CCC(CC)(CN)NC(=O)c1nc(C)n(-c2ccccc2C(C)C)n1. The van der Waals surface area contributed by atoms with Crippen LogP contribution in [-0.2, 0) is 0 Å². The van der Waals surface area contributed by atoms with Gasteiger partial charge in [-0.3, -0.25) is 4.79 Å². The van der Waals surface area contributed by atoms with Crippen LogP contribution >= 0.6 is 0 Å². The van der Waals surface area contributed by atoms with Gasteiger partial charge < -0.3 is 11.1 Å². The number of para-hydroxylation sites is 1. The number of aryl methyl sites for hydroxylation is 1. The zero-order valence-electron chi connectivity index (χ0n) is 15.8. The van der Waals surface area contributed by atoms with E-state index >= 15 is 0 Å². The van der Waals surface area contributed by atoms with Crippen molar-refractivity contribution in [1.82, 2.24) is 20.1 Å². The van der Waals surface area contributed by atoms with Gasteiger partial charge in [0.1, 0.15) is 5.82 Å². The van der Waals surface area contributed by atoms with Gasteiger partial charge in [0, 0.05) is 6.54 Å². The molecular weight excluding hydrogens is 314 g/mol. The molecule has 1 aromatic heterocycles. The van der Waals surface area contributed by atoms with Crippen LogP contribution in [-0.4, -0.2) is 32.8 Å². The first-order valence-corrected chi connectivity index (χ1v) is 8.93. The Bertz CT molecular complexity index is 723. The molecule has 0 bridgehead atoms. The van der Waals surface area contributed by atoms with Gasteiger partial charge in [0.2, 0.25) is 5.82 Å². The Kier molecular flexibility index (Phi) is 5.95. The molecule has 0 aliphatic carbocycles. The molecule has 1 aromatic carbocycles. The number of nitrogens with zero attached hydrogens (tertiary/aromatic N) is 3. The van der Waals surface area contributed by atoms with Crippen LogP contribution in [0.3, 0.4) is 0 Å². The van der Waals surface area contributed by atoms with Crippen LogP contribution in [0.4, 0.5) is 0 Å². The third-order valence-electron chi connectivity index (χ3n) is 4.88. The second kappa shape index (κ2) is 7.78. The summed E-state index contributed by atoms with van der Waals surface area (Å²) in [5.41, 5.74) is 7.59. The van der Waals surface area contributed by atoms with Crippen molar-refractivity contribution in [2.24, 2.45) is 5.73 Å². The number of benzene rings is 1. The highest BCUT2D eigenvalue weighted by molar-refractivity contribution is 5.91. The Hall–Kier alpha value is -2.21. The number of aromatic nitrogens is 3. The molecule has 6 nitrogen and oxygen atoms in total. The second-order valence-corrected chi connectivity index (χ2v) is 6.75. The van der Waals surface area contributed by atoms with E-state index in [2.05, 4.69) is 35.3 Å². The van der Waals surface area contributed by atoms with Gasteiger partial charge in [0.05, 0.1) is 11.2 Å². The number of nitrogens with one attached hydrogen (secondary N) is 1. The lowest BCUT2D eigenvalue weighted by atomic mass is 9.93. The van der Waals surface area contributed by atoms with E-state index < -0.39 is 5.54 Å². The smallest absolute Gasteiger partial charge is 0.291 e. The van der Waals surface area contributed by atoms with Crippen LogP contribution < -0.4 is 11.1 Å². The third kappa shape index (κ3) is 3.90. The number of carbonyl (C=O) groups excluding carboxylic acids is 1. The zero-order chi connectivity index (χ0) is 18.6. The molecular formula is C19H29N5O.